The summed E-state index contributed by atoms with van der Waals surface area (Å²) in [5.74, 6) is -0.838. The molecular formula is C9H5ClN2O3. The van der Waals surface area contributed by atoms with Gasteiger partial charge in [-0.25, -0.2) is 4.79 Å². The summed E-state index contributed by atoms with van der Waals surface area (Å²) in [5, 5.41) is 12.4. The van der Waals surface area contributed by atoms with E-state index in [1.165, 1.54) is 18.5 Å². The number of aromatic nitrogens is 2. The number of carboxylic acid groups (broad SMARTS) is 1. The van der Waals surface area contributed by atoms with E-state index in [9.17, 15) is 4.79 Å². The standard InChI is InChI=1S/C9H5ClN2O3/c10-6-4-11-2-1-5(6)8-3-7(9(13)14)12-15-8/h1-4H,(H,13,14). The first-order chi connectivity index (χ1) is 7.18. The van der Waals surface area contributed by atoms with Crippen LogP contribution in [0.5, 0.6) is 0 Å². The molecule has 0 saturated carbocycles. The van der Waals surface area contributed by atoms with Crippen molar-refractivity contribution in [3.8, 4) is 11.3 Å². The summed E-state index contributed by atoms with van der Waals surface area (Å²) >= 11 is 5.85. The predicted molar refractivity (Wildman–Crippen MR) is 51.7 cm³/mol. The molecule has 2 heterocycles. The van der Waals surface area contributed by atoms with Crippen LogP contribution in [-0.4, -0.2) is 21.2 Å². The summed E-state index contributed by atoms with van der Waals surface area (Å²) in [6, 6.07) is 2.93. The van der Waals surface area contributed by atoms with Crippen molar-refractivity contribution in [2.24, 2.45) is 0 Å². The molecule has 6 heteroatoms. The van der Waals surface area contributed by atoms with E-state index in [4.69, 9.17) is 21.2 Å². The largest absolute Gasteiger partial charge is 0.476 e. The lowest BCUT2D eigenvalue weighted by Gasteiger charge is -1.95. The molecule has 76 valence electrons. The first-order valence-corrected chi connectivity index (χ1v) is 4.36. The van der Waals surface area contributed by atoms with E-state index >= 15 is 0 Å². The molecule has 15 heavy (non-hydrogen) atoms. The lowest BCUT2D eigenvalue weighted by molar-refractivity contribution is 0.0686. The molecule has 5 nitrogen and oxygen atoms in total. The fraction of sp³-hybridized carbons (Fsp3) is 0. The zero-order chi connectivity index (χ0) is 10.8. The highest BCUT2D eigenvalue weighted by molar-refractivity contribution is 6.33. The third-order valence-electron chi connectivity index (χ3n) is 1.77. The highest BCUT2D eigenvalue weighted by atomic mass is 35.5. The van der Waals surface area contributed by atoms with Gasteiger partial charge in [-0.3, -0.25) is 4.98 Å². The molecule has 0 aromatic carbocycles. The number of carboxylic acids is 1. The monoisotopic (exact) mass is 224 g/mol. The molecule has 0 spiro atoms. The number of halogens is 1. The Bertz CT molecular complexity index is 510. The number of aromatic carboxylic acids is 1. The number of hydrogen-bond donors (Lipinski definition) is 1. The quantitative estimate of drug-likeness (QED) is 0.845. The van der Waals surface area contributed by atoms with Crippen LogP contribution >= 0.6 is 11.6 Å². The number of pyridine rings is 1. The van der Waals surface area contributed by atoms with Gasteiger partial charge in [0.25, 0.3) is 0 Å². The molecule has 0 fully saturated rings. The van der Waals surface area contributed by atoms with Crippen LogP contribution in [-0.2, 0) is 0 Å². The van der Waals surface area contributed by atoms with Gasteiger partial charge >= 0.3 is 5.97 Å². The zero-order valence-corrected chi connectivity index (χ0v) is 8.10. The van der Waals surface area contributed by atoms with Crippen molar-refractivity contribution in [1.29, 1.82) is 0 Å². The van der Waals surface area contributed by atoms with Crippen LogP contribution in [0.4, 0.5) is 0 Å². The zero-order valence-electron chi connectivity index (χ0n) is 7.35. The fourth-order valence-corrected chi connectivity index (χ4v) is 1.29. The van der Waals surface area contributed by atoms with E-state index in [-0.39, 0.29) is 5.69 Å². The van der Waals surface area contributed by atoms with Crippen molar-refractivity contribution in [3.63, 3.8) is 0 Å². The van der Waals surface area contributed by atoms with Crippen LogP contribution in [0.1, 0.15) is 10.5 Å². The second kappa shape index (κ2) is 3.70. The number of carbonyl (C=O) groups is 1. The Labute approximate surface area is 89.3 Å². The topological polar surface area (TPSA) is 76.2 Å². The highest BCUT2D eigenvalue weighted by Gasteiger charge is 2.13. The molecule has 0 saturated heterocycles. The SMILES string of the molecule is O=C(O)c1cc(-c2ccncc2Cl)on1. The van der Waals surface area contributed by atoms with Crippen molar-refractivity contribution in [1.82, 2.24) is 10.1 Å². The second-order valence-corrected chi connectivity index (χ2v) is 3.14. The van der Waals surface area contributed by atoms with E-state index in [1.54, 1.807) is 6.07 Å². The normalized spacial score (nSPS) is 10.2. The molecule has 0 radical (unpaired) electrons. The van der Waals surface area contributed by atoms with E-state index < -0.39 is 5.97 Å². The van der Waals surface area contributed by atoms with Gasteiger partial charge in [-0.2, -0.15) is 0 Å². The summed E-state index contributed by atoms with van der Waals surface area (Å²) in [6.45, 7) is 0. The van der Waals surface area contributed by atoms with Crippen LogP contribution < -0.4 is 0 Å². The van der Waals surface area contributed by atoms with Crippen LogP contribution in [0.3, 0.4) is 0 Å². The summed E-state index contributed by atoms with van der Waals surface area (Å²) < 4.78 is 4.85. The van der Waals surface area contributed by atoms with Gasteiger partial charge in [0.1, 0.15) is 0 Å². The van der Waals surface area contributed by atoms with Gasteiger partial charge in [0.05, 0.1) is 5.02 Å². The van der Waals surface area contributed by atoms with Gasteiger partial charge in [0.15, 0.2) is 11.5 Å². The van der Waals surface area contributed by atoms with Gasteiger partial charge in [0.2, 0.25) is 0 Å². The molecular weight excluding hydrogens is 220 g/mol. The first kappa shape index (κ1) is 9.67. The van der Waals surface area contributed by atoms with Crippen LogP contribution in [0.2, 0.25) is 5.02 Å². The second-order valence-electron chi connectivity index (χ2n) is 2.74. The maximum absolute atomic E-state index is 10.6. The molecule has 0 amide bonds. The summed E-state index contributed by atoms with van der Waals surface area (Å²) in [4.78, 5) is 14.4. The van der Waals surface area contributed by atoms with Gasteiger partial charge in [-0.1, -0.05) is 16.8 Å². The Morgan fingerprint density at radius 1 is 1.53 bits per heavy atom. The minimum absolute atomic E-state index is 0.155. The molecule has 2 rings (SSSR count). The Kier molecular flexibility index (Phi) is 2.39. The molecule has 0 bridgehead atoms. The maximum atomic E-state index is 10.6. The smallest absolute Gasteiger partial charge is 0.358 e. The van der Waals surface area contributed by atoms with Crippen LogP contribution in [0.25, 0.3) is 11.3 Å². The molecule has 1 N–H and O–H groups in total. The van der Waals surface area contributed by atoms with E-state index in [0.29, 0.717) is 16.3 Å². The Hall–Kier alpha value is -1.88. The van der Waals surface area contributed by atoms with Crippen LogP contribution in [0.15, 0.2) is 29.0 Å². The van der Waals surface area contributed by atoms with Gasteiger partial charge < -0.3 is 9.63 Å². The Balaban J connectivity index is 2.46. The number of nitrogens with zero attached hydrogens (tertiary/aromatic N) is 2. The summed E-state index contributed by atoms with van der Waals surface area (Å²) in [6.07, 6.45) is 2.98. The molecule has 2 aromatic rings. The number of rotatable bonds is 2. The van der Waals surface area contributed by atoms with Gasteiger partial charge in [-0.05, 0) is 6.07 Å². The molecule has 0 unspecified atom stereocenters. The third kappa shape index (κ3) is 1.82. The van der Waals surface area contributed by atoms with Gasteiger partial charge in [0, 0.05) is 24.0 Å². The lowest BCUT2D eigenvalue weighted by Crippen LogP contribution is -1.94. The molecule has 0 atom stereocenters. The van der Waals surface area contributed by atoms with Crippen molar-refractivity contribution in [2.75, 3.05) is 0 Å². The highest BCUT2D eigenvalue weighted by Crippen LogP contribution is 2.26. The minimum Gasteiger partial charge on any atom is -0.476 e. The van der Waals surface area contributed by atoms with Crippen molar-refractivity contribution >= 4 is 17.6 Å². The fourth-order valence-electron chi connectivity index (χ4n) is 1.08. The van der Waals surface area contributed by atoms with E-state index in [0.717, 1.165) is 0 Å². The first-order valence-electron chi connectivity index (χ1n) is 3.98. The average molecular weight is 225 g/mol. The summed E-state index contributed by atoms with van der Waals surface area (Å²) in [5.41, 5.74) is 0.407. The lowest BCUT2D eigenvalue weighted by atomic mass is 10.2. The summed E-state index contributed by atoms with van der Waals surface area (Å²) in [7, 11) is 0. The number of hydrogen-bond acceptors (Lipinski definition) is 4. The van der Waals surface area contributed by atoms with E-state index in [1.807, 2.05) is 0 Å². The van der Waals surface area contributed by atoms with Gasteiger partial charge in [-0.15, -0.1) is 0 Å². The Morgan fingerprint density at radius 2 is 2.33 bits per heavy atom. The average Bonchev–Trinajstić information content (AvgIpc) is 2.67. The molecule has 0 aliphatic carbocycles. The molecule has 0 aliphatic rings. The maximum Gasteiger partial charge on any atom is 0.358 e. The third-order valence-corrected chi connectivity index (χ3v) is 2.07. The van der Waals surface area contributed by atoms with Crippen LogP contribution in [0, 0.1) is 0 Å². The van der Waals surface area contributed by atoms with Crippen molar-refractivity contribution in [2.45, 2.75) is 0 Å². The molecule has 0 aliphatic heterocycles. The minimum atomic E-state index is -1.14. The van der Waals surface area contributed by atoms with Crippen molar-refractivity contribution < 1.29 is 14.4 Å². The van der Waals surface area contributed by atoms with E-state index in [2.05, 4.69) is 10.1 Å². The predicted octanol–water partition coefficient (Wildman–Crippen LogP) is 2.09. The molecule has 2 aromatic heterocycles. The Morgan fingerprint density at radius 3 is 2.93 bits per heavy atom. The van der Waals surface area contributed by atoms with Crippen molar-refractivity contribution in [3.05, 3.63) is 35.2 Å².